The molecule has 130 valence electrons. The monoisotopic (exact) mass is 448 g/mol. The van der Waals surface area contributed by atoms with Crippen LogP contribution in [0.25, 0.3) is 0 Å². The first kappa shape index (κ1) is 20.6. The second kappa shape index (κ2) is 11.1. The number of guanidine groups is 1. The molecule has 0 aromatic heterocycles. The van der Waals surface area contributed by atoms with Gasteiger partial charge in [0.05, 0.1) is 6.54 Å². The molecule has 1 fully saturated rings. The SMILES string of the molecule is CCN(CC)Cc1ccccc1CN=C(N)N1CCSCC1.I. The molecule has 1 aliphatic rings. The third-order valence-electron chi connectivity index (χ3n) is 4.15. The number of benzene rings is 1. The number of nitrogens with two attached hydrogens (primary N) is 1. The number of thioether (sulfide) groups is 1. The Kier molecular flexibility index (Phi) is 9.97. The van der Waals surface area contributed by atoms with E-state index in [1.807, 2.05) is 11.8 Å². The van der Waals surface area contributed by atoms with Gasteiger partial charge >= 0.3 is 0 Å². The first-order valence-corrected chi connectivity index (χ1v) is 9.31. The lowest BCUT2D eigenvalue weighted by Gasteiger charge is -2.27. The summed E-state index contributed by atoms with van der Waals surface area (Å²) in [6.07, 6.45) is 0. The maximum atomic E-state index is 6.16. The van der Waals surface area contributed by atoms with Crippen LogP contribution in [0.4, 0.5) is 0 Å². The molecule has 0 aliphatic carbocycles. The first-order chi connectivity index (χ1) is 10.7. The van der Waals surface area contributed by atoms with Gasteiger partial charge in [0.1, 0.15) is 0 Å². The smallest absolute Gasteiger partial charge is 0.191 e. The highest BCUT2D eigenvalue weighted by Gasteiger charge is 2.12. The first-order valence-electron chi connectivity index (χ1n) is 8.16. The summed E-state index contributed by atoms with van der Waals surface area (Å²) in [5.74, 6) is 2.99. The maximum Gasteiger partial charge on any atom is 0.191 e. The summed E-state index contributed by atoms with van der Waals surface area (Å²) >= 11 is 1.99. The topological polar surface area (TPSA) is 44.9 Å². The number of halogens is 1. The molecule has 1 aliphatic heterocycles. The van der Waals surface area contributed by atoms with Gasteiger partial charge in [-0.3, -0.25) is 4.90 Å². The Morgan fingerprint density at radius 3 is 2.39 bits per heavy atom. The summed E-state index contributed by atoms with van der Waals surface area (Å²) < 4.78 is 0. The molecule has 6 heteroatoms. The summed E-state index contributed by atoms with van der Waals surface area (Å²) in [6.45, 7) is 10.2. The summed E-state index contributed by atoms with van der Waals surface area (Å²) in [4.78, 5) is 9.25. The Bertz CT molecular complexity index is 485. The van der Waals surface area contributed by atoms with Crippen LogP contribution in [0.15, 0.2) is 29.3 Å². The van der Waals surface area contributed by atoms with Crippen LogP contribution in [0.1, 0.15) is 25.0 Å². The van der Waals surface area contributed by atoms with Gasteiger partial charge in [-0.25, -0.2) is 4.99 Å². The highest BCUT2D eigenvalue weighted by Crippen LogP contribution is 2.14. The molecule has 0 amide bonds. The van der Waals surface area contributed by atoms with Crippen molar-refractivity contribution in [2.24, 2.45) is 10.7 Å². The van der Waals surface area contributed by atoms with Crippen LogP contribution in [0.5, 0.6) is 0 Å². The average Bonchev–Trinajstić information content (AvgIpc) is 2.59. The minimum absolute atomic E-state index is 0. The number of hydrogen-bond acceptors (Lipinski definition) is 3. The van der Waals surface area contributed by atoms with Crippen molar-refractivity contribution in [2.75, 3.05) is 37.7 Å². The summed E-state index contributed by atoms with van der Waals surface area (Å²) in [5.41, 5.74) is 8.80. The largest absolute Gasteiger partial charge is 0.370 e. The van der Waals surface area contributed by atoms with Crippen molar-refractivity contribution in [3.05, 3.63) is 35.4 Å². The van der Waals surface area contributed by atoms with Crippen LogP contribution in [0.2, 0.25) is 0 Å². The van der Waals surface area contributed by atoms with E-state index in [2.05, 4.69) is 52.9 Å². The molecule has 0 atom stereocenters. The van der Waals surface area contributed by atoms with E-state index in [0.717, 1.165) is 44.2 Å². The second-order valence-electron chi connectivity index (χ2n) is 5.50. The lowest BCUT2D eigenvalue weighted by Crippen LogP contribution is -2.42. The van der Waals surface area contributed by atoms with Crippen molar-refractivity contribution in [1.82, 2.24) is 9.80 Å². The summed E-state index contributed by atoms with van der Waals surface area (Å²) in [7, 11) is 0. The van der Waals surface area contributed by atoms with Crippen molar-refractivity contribution in [2.45, 2.75) is 26.9 Å². The second-order valence-corrected chi connectivity index (χ2v) is 6.73. The van der Waals surface area contributed by atoms with Crippen LogP contribution in [0, 0.1) is 0 Å². The molecule has 1 aromatic carbocycles. The van der Waals surface area contributed by atoms with Gasteiger partial charge in [-0.05, 0) is 24.2 Å². The van der Waals surface area contributed by atoms with Gasteiger partial charge in [0.2, 0.25) is 0 Å². The minimum atomic E-state index is 0. The molecule has 4 nitrogen and oxygen atoms in total. The molecule has 0 radical (unpaired) electrons. The fraction of sp³-hybridized carbons (Fsp3) is 0.588. The lowest BCUT2D eigenvalue weighted by molar-refractivity contribution is 0.295. The van der Waals surface area contributed by atoms with Crippen LogP contribution < -0.4 is 5.73 Å². The maximum absolute atomic E-state index is 6.16. The minimum Gasteiger partial charge on any atom is -0.370 e. The molecule has 0 saturated carbocycles. The molecule has 1 saturated heterocycles. The Hall–Kier alpha value is -0.470. The van der Waals surface area contributed by atoms with Gasteiger partial charge in [-0.1, -0.05) is 38.1 Å². The molecular weight excluding hydrogens is 419 g/mol. The number of hydrogen-bond donors (Lipinski definition) is 1. The molecular formula is C17H29IN4S. The normalized spacial score (nSPS) is 15.6. The molecule has 1 heterocycles. The quantitative estimate of drug-likeness (QED) is 0.413. The standard InChI is InChI=1S/C17H28N4S.HI/c1-3-20(4-2)14-16-8-6-5-7-15(16)13-19-17(18)21-9-11-22-12-10-21;/h5-8H,3-4,9-14H2,1-2H3,(H2,18,19);1H. The van der Waals surface area contributed by atoms with Gasteiger partial charge in [0.15, 0.2) is 5.96 Å². The Morgan fingerprint density at radius 2 is 1.78 bits per heavy atom. The van der Waals surface area contributed by atoms with E-state index in [0.29, 0.717) is 12.5 Å². The summed E-state index contributed by atoms with van der Waals surface area (Å²) in [5, 5.41) is 0. The molecule has 0 bridgehead atoms. The van der Waals surface area contributed by atoms with Crippen molar-refractivity contribution in [3.8, 4) is 0 Å². The number of aliphatic imine (C=N–C) groups is 1. The highest BCUT2D eigenvalue weighted by molar-refractivity contribution is 14.0. The zero-order valence-corrected chi connectivity index (χ0v) is 17.3. The molecule has 2 rings (SSSR count). The van der Waals surface area contributed by atoms with Crippen molar-refractivity contribution < 1.29 is 0 Å². The lowest BCUT2D eigenvalue weighted by atomic mass is 10.1. The Labute approximate surface area is 161 Å². The van der Waals surface area contributed by atoms with E-state index in [1.165, 1.54) is 11.1 Å². The number of rotatable bonds is 6. The van der Waals surface area contributed by atoms with Crippen molar-refractivity contribution >= 4 is 41.7 Å². The molecule has 23 heavy (non-hydrogen) atoms. The third-order valence-corrected chi connectivity index (χ3v) is 5.10. The Balaban J connectivity index is 0.00000264. The number of nitrogens with zero attached hydrogens (tertiary/aromatic N) is 3. The molecule has 2 N–H and O–H groups in total. The fourth-order valence-corrected chi connectivity index (χ4v) is 3.52. The van der Waals surface area contributed by atoms with E-state index < -0.39 is 0 Å². The van der Waals surface area contributed by atoms with Crippen LogP contribution in [-0.2, 0) is 13.1 Å². The van der Waals surface area contributed by atoms with Crippen molar-refractivity contribution in [1.29, 1.82) is 0 Å². The molecule has 0 spiro atoms. The van der Waals surface area contributed by atoms with Crippen LogP contribution in [0.3, 0.4) is 0 Å². The average molecular weight is 448 g/mol. The molecule has 0 unspecified atom stereocenters. The van der Waals surface area contributed by atoms with Crippen LogP contribution in [-0.4, -0.2) is 53.4 Å². The zero-order chi connectivity index (χ0) is 15.8. The van der Waals surface area contributed by atoms with Gasteiger partial charge in [0.25, 0.3) is 0 Å². The zero-order valence-electron chi connectivity index (χ0n) is 14.2. The summed E-state index contributed by atoms with van der Waals surface area (Å²) in [6, 6.07) is 8.57. The van der Waals surface area contributed by atoms with Crippen molar-refractivity contribution in [3.63, 3.8) is 0 Å². The van der Waals surface area contributed by atoms with Gasteiger partial charge < -0.3 is 10.6 Å². The van der Waals surface area contributed by atoms with E-state index in [9.17, 15) is 0 Å². The van der Waals surface area contributed by atoms with Gasteiger partial charge in [-0.15, -0.1) is 24.0 Å². The third kappa shape index (κ3) is 6.51. The van der Waals surface area contributed by atoms with E-state index in [1.54, 1.807) is 0 Å². The fourth-order valence-electron chi connectivity index (χ4n) is 2.61. The van der Waals surface area contributed by atoms with Crippen LogP contribution >= 0.6 is 35.7 Å². The predicted octanol–water partition coefficient (Wildman–Crippen LogP) is 3.01. The van der Waals surface area contributed by atoms with E-state index in [-0.39, 0.29) is 24.0 Å². The van der Waals surface area contributed by atoms with E-state index >= 15 is 0 Å². The Morgan fingerprint density at radius 1 is 1.17 bits per heavy atom. The molecule has 1 aromatic rings. The van der Waals surface area contributed by atoms with Gasteiger partial charge in [0, 0.05) is 31.1 Å². The highest BCUT2D eigenvalue weighted by atomic mass is 127. The predicted molar refractivity (Wildman–Crippen MR) is 113 cm³/mol. The van der Waals surface area contributed by atoms with Gasteiger partial charge in [-0.2, -0.15) is 11.8 Å². The van der Waals surface area contributed by atoms with E-state index in [4.69, 9.17) is 5.73 Å².